The van der Waals surface area contributed by atoms with E-state index in [0.29, 0.717) is 23.3 Å². The Hall–Kier alpha value is -3.39. The van der Waals surface area contributed by atoms with Gasteiger partial charge in [0.05, 0.1) is 17.9 Å². The number of carbonyl (C=O) groups is 1. The first-order valence-electron chi connectivity index (χ1n) is 10.2. The highest BCUT2D eigenvalue weighted by Crippen LogP contribution is 2.35. The van der Waals surface area contributed by atoms with Crippen LogP contribution in [0.5, 0.6) is 0 Å². The van der Waals surface area contributed by atoms with E-state index in [2.05, 4.69) is 32.5 Å². The number of aryl methyl sites for hydroxylation is 1. The van der Waals surface area contributed by atoms with E-state index in [9.17, 15) is 9.59 Å². The summed E-state index contributed by atoms with van der Waals surface area (Å²) in [5, 5.41) is 7.88. The number of amides is 1. The molecule has 8 heteroatoms. The molecule has 1 aliphatic heterocycles. The van der Waals surface area contributed by atoms with Gasteiger partial charge < -0.3 is 10.3 Å². The Bertz CT molecular complexity index is 1300. The molecule has 7 nitrogen and oxygen atoms in total. The average Bonchev–Trinajstić information content (AvgIpc) is 3.23. The van der Waals surface area contributed by atoms with Crippen molar-refractivity contribution in [3.8, 4) is 5.69 Å². The van der Waals surface area contributed by atoms with Gasteiger partial charge in [-0.2, -0.15) is 5.10 Å². The zero-order valence-corrected chi connectivity index (χ0v) is 17.6. The van der Waals surface area contributed by atoms with Crippen LogP contribution in [0.25, 0.3) is 16.7 Å². The Kier molecular flexibility index (Phi) is 5.30. The van der Waals surface area contributed by atoms with E-state index in [1.807, 2.05) is 54.2 Å². The fourth-order valence-corrected chi connectivity index (χ4v) is 4.96. The molecule has 4 aromatic rings. The minimum Gasteiger partial charge on any atom is -0.349 e. The molecule has 1 amide bonds. The number of thioether (sulfide) groups is 1. The molecule has 0 radical (unpaired) electrons. The van der Waals surface area contributed by atoms with Gasteiger partial charge in [0.25, 0.3) is 5.56 Å². The number of carbonyl (C=O) groups excluding carboxylic acids is 1. The molecule has 0 saturated carbocycles. The lowest BCUT2D eigenvalue weighted by atomic mass is 10.0. The van der Waals surface area contributed by atoms with Crippen LogP contribution >= 0.6 is 11.8 Å². The van der Waals surface area contributed by atoms with Gasteiger partial charge in [-0.3, -0.25) is 9.59 Å². The molecule has 0 fully saturated rings. The van der Waals surface area contributed by atoms with Gasteiger partial charge in [0, 0.05) is 23.5 Å². The summed E-state index contributed by atoms with van der Waals surface area (Å²) in [6.45, 7) is 0. The van der Waals surface area contributed by atoms with Gasteiger partial charge in [-0.1, -0.05) is 36.4 Å². The topological polar surface area (TPSA) is 92.7 Å². The maximum absolute atomic E-state index is 12.6. The number of fused-ring (bicyclic) bond motifs is 2. The molecule has 0 spiro atoms. The standard InChI is InChI=1S/C23H21N5O2S/c29-21(25-18-12-13-31-19-9-5-4-8-16(18)19)11-10-20-26-22-17(23(30)27-20)14-24-28(22)15-6-2-1-3-7-15/h1-9,14,18H,10-13H2,(H,25,29)(H,26,27,30)/t18-/m1/s1. The highest BCUT2D eigenvalue weighted by molar-refractivity contribution is 7.99. The van der Waals surface area contributed by atoms with Crippen molar-refractivity contribution in [2.75, 3.05) is 5.75 Å². The van der Waals surface area contributed by atoms with Gasteiger partial charge in [-0.15, -0.1) is 11.8 Å². The Morgan fingerprint density at radius 1 is 1.16 bits per heavy atom. The van der Waals surface area contributed by atoms with Crippen LogP contribution in [0.1, 0.15) is 30.3 Å². The van der Waals surface area contributed by atoms with Crippen LogP contribution in [0.15, 0.2) is 70.5 Å². The van der Waals surface area contributed by atoms with Crippen molar-refractivity contribution in [2.24, 2.45) is 0 Å². The van der Waals surface area contributed by atoms with Crippen LogP contribution in [0, 0.1) is 0 Å². The summed E-state index contributed by atoms with van der Waals surface area (Å²) in [4.78, 5) is 33.7. The molecule has 31 heavy (non-hydrogen) atoms. The summed E-state index contributed by atoms with van der Waals surface area (Å²) in [7, 11) is 0. The molecule has 5 rings (SSSR count). The van der Waals surface area contributed by atoms with Crippen LogP contribution in [-0.4, -0.2) is 31.4 Å². The number of aromatic nitrogens is 4. The number of nitrogens with one attached hydrogen (secondary N) is 2. The van der Waals surface area contributed by atoms with E-state index in [1.165, 1.54) is 16.7 Å². The molecule has 2 N–H and O–H groups in total. The zero-order valence-electron chi connectivity index (χ0n) is 16.7. The summed E-state index contributed by atoms with van der Waals surface area (Å²) < 4.78 is 1.64. The maximum Gasteiger partial charge on any atom is 0.262 e. The van der Waals surface area contributed by atoms with E-state index in [1.54, 1.807) is 4.68 Å². The molecule has 1 aliphatic rings. The van der Waals surface area contributed by atoms with Crippen molar-refractivity contribution in [3.05, 3.63) is 82.5 Å². The summed E-state index contributed by atoms with van der Waals surface area (Å²) in [6, 6.07) is 17.8. The van der Waals surface area contributed by atoms with Crippen molar-refractivity contribution < 1.29 is 4.79 Å². The molecule has 3 heterocycles. The van der Waals surface area contributed by atoms with Crippen LogP contribution in [0.3, 0.4) is 0 Å². The second-order valence-corrected chi connectivity index (χ2v) is 8.57. The predicted octanol–water partition coefficient (Wildman–Crippen LogP) is 3.39. The SMILES string of the molecule is O=C(CCc1nc2c(cnn2-c2ccccc2)c(=O)[nH]1)N[C@@H]1CCSc2ccccc21. The fourth-order valence-electron chi connectivity index (χ4n) is 3.83. The third-order valence-corrected chi connectivity index (χ3v) is 6.49. The Balaban J connectivity index is 1.32. The smallest absolute Gasteiger partial charge is 0.262 e. The lowest BCUT2D eigenvalue weighted by molar-refractivity contribution is -0.121. The van der Waals surface area contributed by atoms with Gasteiger partial charge in [-0.25, -0.2) is 9.67 Å². The first kappa shape index (κ1) is 19.6. The van der Waals surface area contributed by atoms with Crippen molar-refractivity contribution in [2.45, 2.75) is 30.2 Å². The van der Waals surface area contributed by atoms with Crippen LogP contribution in [0.2, 0.25) is 0 Å². The molecule has 156 valence electrons. The Labute approximate surface area is 182 Å². The van der Waals surface area contributed by atoms with Gasteiger partial charge in [0.15, 0.2) is 5.65 Å². The normalized spacial score (nSPS) is 15.5. The summed E-state index contributed by atoms with van der Waals surface area (Å²) >= 11 is 1.82. The highest BCUT2D eigenvalue weighted by atomic mass is 32.2. The number of para-hydroxylation sites is 1. The summed E-state index contributed by atoms with van der Waals surface area (Å²) in [5.74, 6) is 1.41. The molecular formula is C23H21N5O2S. The van der Waals surface area contributed by atoms with Crippen LogP contribution in [-0.2, 0) is 11.2 Å². The van der Waals surface area contributed by atoms with Gasteiger partial charge >= 0.3 is 0 Å². The number of benzene rings is 2. The van der Waals surface area contributed by atoms with E-state index in [4.69, 9.17) is 0 Å². The minimum atomic E-state index is -0.249. The van der Waals surface area contributed by atoms with Crippen LogP contribution < -0.4 is 10.9 Å². The quantitative estimate of drug-likeness (QED) is 0.505. The number of hydrogen-bond acceptors (Lipinski definition) is 5. The zero-order chi connectivity index (χ0) is 21.2. The molecular weight excluding hydrogens is 410 g/mol. The number of aromatic amines is 1. The first-order valence-corrected chi connectivity index (χ1v) is 11.2. The maximum atomic E-state index is 12.6. The number of H-pyrrole nitrogens is 1. The molecule has 1 atom stereocenters. The Morgan fingerprint density at radius 3 is 2.84 bits per heavy atom. The average molecular weight is 432 g/mol. The first-order chi connectivity index (χ1) is 15.2. The number of rotatable bonds is 5. The Morgan fingerprint density at radius 2 is 1.97 bits per heavy atom. The van der Waals surface area contributed by atoms with E-state index >= 15 is 0 Å². The molecule has 0 aliphatic carbocycles. The summed E-state index contributed by atoms with van der Waals surface area (Å²) in [6.07, 6.45) is 3.02. The molecule has 2 aromatic carbocycles. The monoisotopic (exact) mass is 431 g/mol. The molecule has 0 saturated heterocycles. The van der Waals surface area contributed by atoms with Crippen molar-refractivity contribution in [3.63, 3.8) is 0 Å². The second-order valence-electron chi connectivity index (χ2n) is 7.44. The fraction of sp³-hybridized carbons (Fsp3) is 0.217. The third kappa shape index (κ3) is 3.98. The summed E-state index contributed by atoms with van der Waals surface area (Å²) in [5.41, 5.74) is 2.24. The van der Waals surface area contributed by atoms with Crippen molar-refractivity contribution >= 4 is 28.7 Å². The minimum absolute atomic E-state index is 0.0268. The number of nitrogens with zero attached hydrogens (tertiary/aromatic N) is 3. The highest BCUT2D eigenvalue weighted by Gasteiger charge is 2.22. The van der Waals surface area contributed by atoms with Gasteiger partial charge in [0.2, 0.25) is 5.91 Å². The van der Waals surface area contributed by atoms with E-state index in [0.717, 1.165) is 17.9 Å². The number of hydrogen-bond donors (Lipinski definition) is 2. The van der Waals surface area contributed by atoms with E-state index in [-0.39, 0.29) is 23.9 Å². The molecule has 0 bridgehead atoms. The van der Waals surface area contributed by atoms with Crippen molar-refractivity contribution in [1.82, 2.24) is 25.1 Å². The molecule has 0 unspecified atom stereocenters. The van der Waals surface area contributed by atoms with E-state index < -0.39 is 0 Å². The largest absolute Gasteiger partial charge is 0.349 e. The third-order valence-electron chi connectivity index (χ3n) is 5.37. The van der Waals surface area contributed by atoms with Gasteiger partial charge in [0.1, 0.15) is 11.2 Å². The second kappa shape index (κ2) is 8.39. The lowest BCUT2D eigenvalue weighted by Crippen LogP contribution is -2.31. The molecule has 2 aromatic heterocycles. The van der Waals surface area contributed by atoms with Crippen LogP contribution in [0.4, 0.5) is 0 Å². The lowest BCUT2D eigenvalue weighted by Gasteiger charge is -2.25. The van der Waals surface area contributed by atoms with Gasteiger partial charge in [-0.05, 0) is 30.2 Å². The van der Waals surface area contributed by atoms with Crippen molar-refractivity contribution in [1.29, 1.82) is 0 Å². The predicted molar refractivity (Wildman–Crippen MR) is 120 cm³/mol.